The average Bonchev–Trinajstić information content (AvgIpc) is 3.07. The fraction of sp³-hybridized carbons (Fsp3) is 0.200. The van der Waals surface area contributed by atoms with Gasteiger partial charge in [0.1, 0.15) is 11.4 Å². The summed E-state index contributed by atoms with van der Waals surface area (Å²) in [6.45, 7) is 0.317. The van der Waals surface area contributed by atoms with Crippen LogP contribution in [0.15, 0.2) is 54.9 Å². The predicted molar refractivity (Wildman–Crippen MR) is 98.9 cm³/mol. The zero-order valence-corrected chi connectivity index (χ0v) is 15.0. The third-order valence-electron chi connectivity index (χ3n) is 4.03. The molecular formula is C20H18F3N3O2. The van der Waals surface area contributed by atoms with E-state index in [1.807, 2.05) is 18.2 Å². The number of halogens is 3. The van der Waals surface area contributed by atoms with Crippen LogP contribution in [-0.4, -0.2) is 28.9 Å². The molecule has 0 unspecified atom stereocenters. The number of imidazole rings is 1. The van der Waals surface area contributed by atoms with Crippen LogP contribution < -0.4 is 10.1 Å². The SMILES string of the molecule is COc1cccc(/C=C/C(=O)NCCc2cn3cc(C(F)(F)F)ccc3n2)c1. The summed E-state index contributed by atoms with van der Waals surface area (Å²) in [7, 11) is 1.57. The Labute approximate surface area is 159 Å². The molecule has 0 aliphatic heterocycles. The highest BCUT2D eigenvalue weighted by Gasteiger charge is 2.30. The van der Waals surface area contributed by atoms with Crippen LogP contribution in [0.25, 0.3) is 11.7 Å². The number of pyridine rings is 1. The number of alkyl halides is 3. The van der Waals surface area contributed by atoms with Gasteiger partial charge in [0.25, 0.3) is 0 Å². The van der Waals surface area contributed by atoms with Crippen molar-refractivity contribution in [1.29, 1.82) is 0 Å². The third kappa shape index (κ3) is 4.91. The van der Waals surface area contributed by atoms with Crippen LogP contribution >= 0.6 is 0 Å². The largest absolute Gasteiger partial charge is 0.497 e. The molecule has 0 aliphatic rings. The highest BCUT2D eigenvalue weighted by atomic mass is 19.4. The van der Waals surface area contributed by atoms with Gasteiger partial charge in [-0.1, -0.05) is 12.1 Å². The first-order chi connectivity index (χ1) is 13.3. The summed E-state index contributed by atoms with van der Waals surface area (Å²) in [5, 5.41) is 2.72. The summed E-state index contributed by atoms with van der Waals surface area (Å²) in [5.41, 5.74) is 1.11. The molecule has 1 amide bonds. The van der Waals surface area contributed by atoms with Gasteiger partial charge in [0.05, 0.1) is 18.4 Å². The number of carbonyl (C=O) groups excluding carboxylic acids is 1. The van der Waals surface area contributed by atoms with Crippen LogP contribution in [0.1, 0.15) is 16.8 Å². The van der Waals surface area contributed by atoms with Crippen LogP contribution in [0.3, 0.4) is 0 Å². The summed E-state index contributed by atoms with van der Waals surface area (Å²) in [4.78, 5) is 16.2. The van der Waals surface area contributed by atoms with E-state index in [9.17, 15) is 18.0 Å². The van der Waals surface area contributed by atoms with Gasteiger partial charge < -0.3 is 14.5 Å². The minimum absolute atomic E-state index is 0.272. The molecular weight excluding hydrogens is 371 g/mol. The Morgan fingerprint density at radius 3 is 2.82 bits per heavy atom. The van der Waals surface area contributed by atoms with E-state index in [1.165, 1.54) is 22.7 Å². The maximum atomic E-state index is 12.8. The first kappa shape index (κ1) is 19.5. The number of methoxy groups -OCH3 is 1. The minimum Gasteiger partial charge on any atom is -0.497 e. The molecule has 0 radical (unpaired) electrons. The Morgan fingerprint density at radius 1 is 1.25 bits per heavy atom. The highest BCUT2D eigenvalue weighted by Crippen LogP contribution is 2.29. The standard InChI is InChI=1S/C20H18F3N3O2/c1-28-17-4-2-3-14(11-17)5-8-19(27)24-10-9-16-13-26-12-15(20(21,22)23)6-7-18(26)25-16/h2-8,11-13H,9-10H2,1H3,(H,24,27)/b8-5+. The lowest BCUT2D eigenvalue weighted by Crippen LogP contribution is -2.23. The minimum atomic E-state index is -4.40. The summed E-state index contributed by atoms with van der Waals surface area (Å²) in [5.74, 6) is 0.425. The Balaban J connectivity index is 1.55. The second-order valence-electron chi connectivity index (χ2n) is 6.06. The molecule has 0 spiro atoms. The smallest absolute Gasteiger partial charge is 0.417 e. The zero-order chi connectivity index (χ0) is 20.1. The number of hydrogen-bond donors (Lipinski definition) is 1. The Bertz CT molecular complexity index is 1010. The fourth-order valence-electron chi connectivity index (χ4n) is 2.62. The normalized spacial score (nSPS) is 11.9. The molecule has 1 N–H and O–H groups in total. The van der Waals surface area contributed by atoms with E-state index in [4.69, 9.17) is 4.74 Å². The van der Waals surface area contributed by atoms with E-state index in [-0.39, 0.29) is 5.91 Å². The number of benzene rings is 1. The maximum Gasteiger partial charge on any atom is 0.417 e. The van der Waals surface area contributed by atoms with E-state index in [0.29, 0.717) is 30.1 Å². The molecule has 0 bridgehead atoms. The van der Waals surface area contributed by atoms with Crippen LogP contribution in [0.2, 0.25) is 0 Å². The number of amides is 1. The molecule has 0 saturated carbocycles. The molecule has 5 nitrogen and oxygen atoms in total. The zero-order valence-electron chi connectivity index (χ0n) is 15.0. The van der Waals surface area contributed by atoms with Crippen molar-refractivity contribution in [1.82, 2.24) is 14.7 Å². The maximum absolute atomic E-state index is 12.8. The summed E-state index contributed by atoms with van der Waals surface area (Å²) in [6.07, 6.45) is 1.61. The number of ether oxygens (including phenoxy) is 1. The van der Waals surface area contributed by atoms with Crippen molar-refractivity contribution in [2.45, 2.75) is 12.6 Å². The Hall–Kier alpha value is -3.29. The fourth-order valence-corrected chi connectivity index (χ4v) is 2.62. The molecule has 3 aromatic rings. The molecule has 2 aromatic heterocycles. The van der Waals surface area contributed by atoms with E-state index >= 15 is 0 Å². The molecule has 0 aliphatic carbocycles. The van der Waals surface area contributed by atoms with Crippen molar-refractivity contribution in [2.24, 2.45) is 0 Å². The van der Waals surface area contributed by atoms with Crippen LogP contribution in [-0.2, 0) is 17.4 Å². The molecule has 3 rings (SSSR count). The monoisotopic (exact) mass is 389 g/mol. The molecule has 0 saturated heterocycles. The topological polar surface area (TPSA) is 55.6 Å². The van der Waals surface area contributed by atoms with Crippen molar-refractivity contribution in [2.75, 3.05) is 13.7 Å². The van der Waals surface area contributed by atoms with E-state index in [0.717, 1.165) is 17.8 Å². The molecule has 0 fully saturated rings. The second-order valence-corrected chi connectivity index (χ2v) is 6.06. The van der Waals surface area contributed by atoms with Crippen molar-refractivity contribution in [3.8, 4) is 5.75 Å². The van der Waals surface area contributed by atoms with Crippen molar-refractivity contribution in [3.05, 3.63) is 71.7 Å². The Morgan fingerprint density at radius 2 is 2.07 bits per heavy atom. The van der Waals surface area contributed by atoms with Gasteiger partial charge in [-0.2, -0.15) is 13.2 Å². The number of carbonyl (C=O) groups is 1. The third-order valence-corrected chi connectivity index (χ3v) is 4.03. The summed E-state index contributed by atoms with van der Waals surface area (Å²) in [6, 6.07) is 9.60. The van der Waals surface area contributed by atoms with Crippen LogP contribution in [0.4, 0.5) is 13.2 Å². The van der Waals surface area contributed by atoms with Gasteiger partial charge in [-0.3, -0.25) is 4.79 Å². The van der Waals surface area contributed by atoms with Gasteiger partial charge in [0.15, 0.2) is 0 Å². The number of nitrogens with one attached hydrogen (secondary N) is 1. The lowest BCUT2D eigenvalue weighted by molar-refractivity contribution is -0.137. The molecule has 2 heterocycles. The van der Waals surface area contributed by atoms with Gasteiger partial charge in [-0.25, -0.2) is 4.98 Å². The molecule has 146 valence electrons. The van der Waals surface area contributed by atoms with Gasteiger partial charge in [0, 0.05) is 31.4 Å². The lowest BCUT2D eigenvalue weighted by atomic mass is 10.2. The van der Waals surface area contributed by atoms with Gasteiger partial charge in [-0.05, 0) is 35.9 Å². The summed E-state index contributed by atoms with van der Waals surface area (Å²) < 4.78 is 44.7. The number of hydrogen-bond acceptors (Lipinski definition) is 3. The van der Waals surface area contributed by atoms with Gasteiger partial charge in [-0.15, -0.1) is 0 Å². The first-order valence-electron chi connectivity index (χ1n) is 8.50. The molecule has 1 aromatic carbocycles. The van der Waals surface area contributed by atoms with E-state index < -0.39 is 11.7 Å². The van der Waals surface area contributed by atoms with Crippen LogP contribution in [0, 0.1) is 0 Å². The lowest BCUT2D eigenvalue weighted by Gasteiger charge is -2.05. The van der Waals surface area contributed by atoms with Gasteiger partial charge >= 0.3 is 6.18 Å². The van der Waals surface area contributed by atoms with Crippen molar-refractivity contribution in [3.63, 3.8) is 0 Å². The highest BCUT2D eigenvalue weighted by molar-refractivity contribution is 5.91. The molecule has 28 heavy (non-hydrogen) atoms. The Kier molecular flexibility index (Phi) is 5.67. The second kappa shape index (κ2) is 8.16. The average molecular weight is 389 g/mol. The number of nitrogens with zero attached hydrogens (tertiary/aromatic N) is 2. The number of fused-ring (bicyclic) bond motifs is 1. The molecule has 8 heteroatoms. The van der Waals surface area contributed by atoms with Crippen molar-refractivity contribution < 1.29 is 22.7 Å². The summed E-state index contributed by atoms with van der Waals surface area (Å²) >= 11 is 0. The van der Waals surface area contributed by atoms with E-state index in [1.54, 1.807) is 19.3 Å². The predicted octanol–water partition coefficient (Wildman–Crippen LogP) is 3.73. The number of rotatable bonds is 6. The quantitative estimate of drug-likeness (QED) is 0.654. The van der Waals surface area contributed by atoms with Crippen LogP contribution in [0.5, 0.6) is 5.75 Å². The number of aromatic nitrogens is 2. The van der Waals surface area contributed by atoms with Crippen molar-refractivity contribution >= 4 is 17.6 Å². The first-order valence-corrected chi connectivity index (χ1v) is 8.50. The van der Waals surface area contributed by atoms with Gasteiger partial charge in [0.2, 0.25) is 5.91 Å². The molecule has 0 atom stereocenters. The van der Waals surface area contributed by atoms with E-state index in [2.05, 4.69) is 10.3 Å².